The smallest absolute Gasteiger partial charge is 0.277 e. The fourth-order valence-corrected chi connectivity index (χ4v) is 2.53. The summed E-state index contributed by atoms with van der Waals surface area (Å²) in [5.74, 6) is 0.121. The van der Waals surface area contributed by atoms with Crippen LogP contribution in [0.2, 0.25) is 5.02 Å². The van der Waals surface area contributed by atoms with E-state index in [0.717, 1.165) is 12.0 Å². The third kappa shape index (κ3) is 5.47. The van der Waals surface area contributed by atoms with Crippen molar-refractivity contribution in [2.45, 2.75) is 19.3 Å². The highest BCUT2D eigenvalue weighted by Crippen LogP contribution is 2.12. The van der Waals surface area contributed by atoms with Gasteiger partial charge in [-0.05, 0) is 30.5 Å². The summed E-state index contributed by atoms with van der Waals surface area (Å²) in [4.78, 5) is 25.7. The number of hydrazone groups is 1. The maximum atomic E-state index is 12.1. The van der Waals surface area contributed by atoms with E-state index in [1.165, 1.54) is 9.80 Å². The molecule has 0 spiro atoms. The van der Waals surface area contributed by atoms with Crippen LogP contribution in [-0.4, -0.2) is 53.6 Å². The van der Waals surface area contributed by atoms with Crippen molar-refractivity contribution in [2.24, 2.45) is 5.10 Å². The Hall–Kier alpha value is -2.19. The van der Waals surface area contributed by atoms with Gasteiger partial charge < -0.3 is 14.5 Å². The van der Waals surface area contributed by atoms with Gasteiger partial charge in [0, 0.05) is 18.5 Å². The van der Waals surface area contributed by atoms with Gasteiger partial charge in [-0.2, -0.15) is 0 Å². The first-order valence-corrected chi connectivity index (χ1v) is 7.86. The molecule has 0 N–H and O–H groups in total. The normalized spacial score (nSPS) is 16.5. The molecule has 8 nitrogen and oxygen atoms in total. The van der Waals surface area contributed by atoms with Gasteiger partial charge in [0.25, 0.3) is 5.96 Å². The van der Waals surface area contributed by atoms with E-state index in [1.54, 1.807) is 7.05 Å². The van der Waals surface area contributed by atoms with Crippen LogP contribution in [0.5, 0.6) is 0 Å². The van der Waals surface area contributed by atoms with Crippen LogP contribution in [-0.2, 0) is 16.0 Å². The Kier molecular flexibility index (Phi) is 6.51. The number of nitrogens with zero attached hydrogens (tertiary/aromatic N) is 4. The fourth-order valence-electron chi connectivity index (χ4n) is 2.41. The first kappa shape index (κ1) is 18.2. The van der Waals surface area contributed by atoms with E-state index in [4.69, 9.17) is 16.3 Å². The number of carbonyl (C=O) groups is 1. The van der Waals surface area contributed by atoms with E-state index >= 15 is 0 Å². The molecule has 1 heterocycles. The standard InChI is InChI=1S/C15H19ClN4O4/c1-18-10-24-11-19(15(18)17-20(22)23)9-14(21)4-2-3-12-5-7-13(16)8-6-12/h5-8H,2-4,9-11H2,1H3. The zero-order chi connectivity index (χ0) is 17.5. The Balaban J connectivity index is 1.84. The third-order valence-electron chi connectivity index (χ3n) is 3.53. The maximum absolute atomic E-state index is 12.1. The zero-order valence-corrected chi connectivity index (χ0v) is 14.1. The third-order valence-corrected chi connectivity index (χ3v) is 3.78. The molecule has 2 rings (SSSR count). The summed E-state index contributed by atoms with van der Waals surface area (Å²) >= 11 is 5.83. The highest BCUT2D eigenvalue weighted by molar-refractivity contribution is 6.30. The molecule has 0 amide bonds. The predicted molar refractivity (Wildman–Crippen MR) is 89.1 cm³/mol. The van der Waals surface area contributed by atoms with Crippen LogP contribution < -0.4 is 0 Å². The summed E-state index contributed by atoms with van der Waals surface area (Å²) in [5.41, 5.74) is 1.11. The lowest BCUT2D eigenvalue weighted by Crippen LogP contribution is -2.51. The monoisotopic (exact) mass is 354 g/mol. The van der Waals surface area contributed by atoms with E-state index in [2.05, 4.69) is 5.10 Å². The molecule has 0 saturated carbocycles. The second-order valence-corrected chi connectivity index (χ2v) is 5.95. The summed E-state index contributed by atoms with van der Waals surface area (Å²) in [7, 11) is 1.62. The van der Waals surface area contributed by atoms with Gasteiger partial charge in [0.05, 0.1) is 6.54 Å². The van der Waals surface area contributed by atoms with E-state index < -0.39 is 5.03 Å². The number of aryl methyl sites for hydroxylation is 1. The second kappa shape index (κ2) is 8.60. The molecular formula is C15H19ClN4O4. The van der Waals surface area contributed by atoms with Crippen molar-refractivity contribution >= 4 is 23.3 Å². The molecule has 0 radical (unpaired) electrons. The molecule has 1 aromatic carbocycles. The fraction of sp³-hybridized carbons (Fsp3) is 0.467. The molecule has 0 aliphatic carbocycles. The summed E-state index contributed by atoms with van der Waals surface area (Å²) in [6.07, 6.45) is 1.86. The summed E-state index contributed by atoms with van der Waals surface area (Å²) < 4.78 is 5.28. The minimum Gasteiger partial charge on any atom is -0.341 e. The number of hydrogen-bond acceptors (Lipinski definition) is 4. The van der Waals surface area contributed by atoms with Crippen LogP contribution in [0.3, 0.4) is 0 Å². The molecule has 0 unspecified atom stereocenters. The highest BCUT2D eigenvalue weighted by Gasteiger charge is 2.26. The Bertz CT molecular complexity index is 620. The summed E-state index contributed by atoms with van der Waals surface area (Å²) in [5, 5.41) is 13.9. The number of hydrogen-bond donors (Lipinski definition) is 0. The van der Waals surface area contributed by atoms with Gasteiger partial charge in [0.1, 0.15) is 18.6 Å². The molecule has 0 bridgehead atoms. The first-order chi connectivity index (χ1) is 11.5. The van der Waals surface area contributed by atoms with Crippen molar-refractivity contribution in [2.75, 3.05) is 27.1 Å². The highest BCUT2D eigenvalue weighted by atomic mass is 35.5. The Morgan fingerprint density at radius 3 is 2.75 bits per heavy atom. The summed E-state index contributed by atoms with van der Waals surface area (Å²) in [6, 6.07) is 7.50. The van der Waals surface area contributed by atoms with Gasteiger partial charge in [0.2, 0.25) is 0 Å². The van der Waals surface area contributed by atoms with E-state index in [9.17, 15) is 14.9 Å². The lowest BCUT2D eigenvalue weighted by atomic mass is 10.1. The van der Waals surface area contributed by atoms with Crippen LogP contribution in [0, 0.1) is 10.1 Å². The molecule has 24 heavy (non-hydrogen) atoms. The lowest BCUT2D eigenvalue weighted by Gasteiger charge is -2.34. The van der Waals surface area contributed by atoms with Crippen molar-refractivity contribution in [3.63, 3.8) is 0 Å². The van der Waals surface area contributed by atoms with Gasteiger partial charge in [0.15, 0.2) is 10.8 Å². The minimum absolute atomic E-state index is 0.0149. The average Bonchev–Trinajstić information content (AvgIpc) is 2.52. The number of rotatable bonds is 7. The number of carbonyl (C=O) groups excluding carboxylic acids is 1. The van der Waals surface area contributed by atoms with Gasteiger partial charge >= 0.3 is 0 Å². The van der Waals surface area contributed by atoms with Gasteiger partial charge in [-0.1, -0.05) is 23.7 Å². The first-order valence-electron chi connectivity index (χ1n) is 7.48. The number of nitro groups is 1. The average molecular weight is 355 g/mol. The molecule has 130 valence electrons. The number of benzene rings is 1. The van der Waals surface area contributed by atoms with Gasteiger partial charge in [-0.3, -0.25) is 4.79 Å². The predicted octanol–water partition coefficient (Wildman–Crippen LogP) is 1.96. The maximum Gasteiger partial charge on any atom is 0.277 e. The van der Waals surface area contributed by atoms with E-state index in [0.29, 0.717) is 17.9 Å². The Morgan fingerprint density at radius 1 is 1.38 bits per heavy atom. The second-order valence-electron chi connectivity index (χ2n) is 5.51. The topological polar surface area (TPSA) is 88.3 Å². The van der Waals surface area contributed by atoms with Crippen molar-refractivity contribution in [3.05, 3.63) is 45.0 Å². The number of guanidine groups is 1. The summed E-state index contributed by atoms with van der Waals surface area (Å²) in [6.45, 7) is 0.353. The molecule has 1 aromatic rings. The van der Waals surface area contributed by atoms with Crippen molar-refractivity contribution < 1.29 is 14.6 Å². The Morgan fingerprint density at radius 2 is 2.08 bits per heavy atom. The minimum atomic E-state index is -0.769. The van der Waals surface area contributed by atoms with Crippen molar-refractivity contribution in [3.8, 4) is 0 Å². The van der Waals surface area contributed by atoms with Crippen LogP contribution in [0.15, 0.2) is 29.4 Å². The van der Waals surface area contributed by atoms with Crippen molar-refractivity contribution in [1.29, 1.82) is 0 Å². The largest absolute Gasteiger partial charge is 0.341 e. The van der Waals surface area contributed by atoms with Crippen LogP contribution in [0.4, 0.5) is 0 Å². The van der Waals surface area contributed by atoms with Gasteiger partial charge in [-0.15, -0.1) is 0 Å². The number of ketones is 1. The zero-order valence-electron chi connectivity index (χ0n) is 13.4. The molecule has 1 saturated heterocycles. The van der Waals surface area contributed by atoms with Gasteiger partial charge in [-0.25, -0.2) is 10.1 Å². The molecule has 0 atom stereocenters. The molecule has 0 aromatic heterocycles. The number of ether oxygens (including phenoxy) is 1. The SMILES string of the molecule is CN1COCN(CC(=O)CCCc2ccc(Cl)cc2)C1=N[N+](=O)[O-]. The Labute approximate surface area is 144 Å². The molecule has 1 fully saturated rings. The number of Topliss-reactive ketones (excluding diaryl/α,β-unsaturated/α-hetero) is 1. The molecule has 1 aliphatic heterocycles. The quantitative estimate of drug-likeness (QED) is 0.549. The number of halogens is 1. The lowest BCUT2D eigenvalue weighted by molar-refractivity contribution is -0.486. The van der Waals surface area contributed by atoms with E-state index in [-0.39, 0.29) is 31.7 Å². The van der Waals surface area contributed by atoms with Crippen LogP contribution >= 0.6 is 11.6 Å². The molecule has 9 heteroatoms. The molecular weight excluding hydrogens is 336 g/mol. The van der Waals surface area contributed by atoms with Crippen LogP contribution in [0.1, 0.15) is 18.4 Å². The van der Waals surface area contributed by atoms with Crippen molar-refractivity contribution in [1.82, 2.24) is 9.80 Å². The molecule has 1 aliphatic rings. The van der Waals surface area contributed by atoms with E-state index in [1.807, 2.05) is 24.3 Å². The van der Waals surface area contributed by atoms with Crippen LogP contribution in [0.25, 0.3) is 0 Å².